The van der Waals surface area contributed by atoms with Gasteiger partial charge >= 0.3 is 0 Å². The first kappa shape index (κ1) is 15.5. The second-order valence-corrected chi connectivity index (χ2v) is 7.25. The summed E-state index contributed by atoms with van der Waals surface area (Å²) in [7, 11) is 0. The van der Waals surface area contributed by atoms with Crippen molar-refractivity contribution in [1.29, 1.82) is 0 Å². The first-order valence-electron chi connectivity index (χ1n) is 7.93. The molecule has 0 bridgehead atoms. The maximum absolute atomic E-state index is 9.50. The van der Waals surface area contributed by atoms with E-state index in [4.69, 9.17) is 0 Å². The summed E-state index contributed by atoms with van der Waals surface area (Å²) < 4.78 is 0. The van der Waals surface area contributed by atoms with E-state index in [9.17, 15) is 5.11 Å². The minimum atomic E-state index is -0.0452. The molecule has 0 aromatic heterocycles. The number of aliphatic hydroxyl groups excluding tert-OH is 1. The summed E-state index contributed by atoms with van der Waals surface area (Å²) in [5.41, 5.74) is 2.98. The molecule has 0 amide bonds. The normalized spacial score (nSPS) is 23.8. The van der Waals surface area contributed by atoms with Crippen LogP contribution in [0.3, 0.4) is 0 Å². The molecule has 0 spiro atoms. The second kappa shape index (κ2) is 6.73. The van der Waals surface area contributed by atoms with Crippen molar-refractivity contribution in [3.8, 4) is 0 Å². The van der Waals surface area contributed by atoms with Gasteiger partial charge in [0.15, 0.2) is 0 Å². The zero-order chi connectivity index (χ0) is 14.6. The fourth-order valence-corrected chi connectivity index (χ4v) is 2.89. The monoisotopic (exact) mass is 275 g/mol. The average Bonchev–Trinajstić information content (AvgIpc) is 2.41. The molecule has 0 atom stereocenters. The van der Waals surface area contributed by atoms with E-state index in [1.165, 1.54) is 11.1 Å². The van der Waals surface area contributed by atoms with E-state index in [0.29, 0.717) is 0 Å². The van der Waals surface area contributed by atoms with Gasteiger partial charge in [-0.15, -0.1) is 0 Å². The Hall–Kier alpha value is -0.860. The summed E-state index contributed by atoms with van der Waals surface area (Å²) in [5.74, 6) is 0.743. The number of rotatable bonds is 4. The molecular weight excluding hydrogens is 246 g/mol. The fourth-order valence-electron chi connectivity index (χ4n) is 2.89. The molecule has 0 saturated heterocycles. The highest BCUT2D eigenvalue weighted by molar-refractivity contribution is 5.27. The molecule has 0 unspecified atom stereocenters. The Morgan fingerprint density at radius 1 is 1.05 bits per heavy atom. The van der Waals surface area contributed by atoms with Crippen LogP contribution in [0, 0.1) is 5.92 Å². The molecule has 2 N–H and O–H groups in total. The molecule has 2 heteroatoms. The van der Waals surface area contributed by atoms with Crippen molar-refractivity contribution in [1.82, 2.24) is 5.32 Å². The molecule has 0 aliphatic heterocycles. The van der Waals surface area contributed by atoms with Crippen LogP contribution in [0.4, 0.5) is 0 Å². The zero-order valence-electron chi connectivity index (χ0n) is 13.2. The third-order valence-corrected chi connectivity index (χ3v) is 4.40. The van der Waals surface area contributed by atoms with Gasteiger partial charge in [0.25, 0.3) is 0 Å². The Morgan fingerprint density at radius 2 is 1.65 bits per heavy atom. The van der Waals surface area contributed by atoms with Gasteiger partial charge in [-0.25, -0.2) is 0 Å². The van der Waals surface area contributed by atoms with Crippen LogP contribution in [0.25, 0.3) is 0 Å². The van der Waals surface area contributed by atoms with Crippen LogP contribution >= 0.6 is 0 Å². The second-order valence-electron chi connectivity index (χ2n) is 7.25. The fraction of sp³-hybridized carbons (Fsp3) is 0.667. The lowest BCUT2D eigenvalue weighted by Gasteiger charge is -2.25. The van der Waals surface area contributed by atoms with Gasteiger partial charge in [-0.05, 0) is 54.7 Å². The Morgan fingerprint density at radius 3 is 2.20 bits per heavy atom. The Kier molecular flexibility index (Phi) is 5.22. The molecule has 2 nitrogen and oxygen atoms in total. The van der Waals surface area contributed by atoms with E-state index in [1.54, 1.807) is 0 Å². The van der Waals surface area contributed by atoms with Crippen LogP contribution in [0.15, 0.2) is 24.3 Å². The van der Waals surface area contributed by atoms with Crippen LogP contribution in [0.5, 0.6) is 0 Å². The highest BCUT2D eigenvalue weighted by atomic mass is 16.3. The van der Waals surface area contributed by atoms with Crippen molar-refractivity contribution in [2.24, 2.45) is 5.92 Å². The van der Waals surface area contributed by atoms with Gasteiger partial charge in [0.05, 0.1) is 6.10 Å². The molecule has 20 heavy (non-hydrogen) atoms. The van der Waals surface area contributed by atoms with Crippen LogP contribution in [-0.4, -0.2) is 17.8 Å². The summed E-state index contributed by atoms with van der Waals surface area (Å²) in [6.45, 7) is 8.77. The molecule has 0 heterocycles. The first-order chi connectivity index (χ1) is 9.45. The SMILES string of the molecule is CC(C)(C)c1ccc(CNCC2CCC(O)CC2)cc1. The predicted molar refractivity (Wildman–Crippen MR) is 84.8 cm³/mol. The van der Waals surface area contributed by atoms with Gasteiger partial charge in [-0.2, -0.15) is 0 Å². The van der Waals surface area contributed by atoms with Gasteiger partial charge in [-0.1, -0.05) is 45.0 Å². The Labute approximate surface area is 123 Å². The van der Waals surface area contributed by atoms with Crippen LogP contribution in [-0.2, 0) is 12.0 Å². The minimum absolute atomic E-state index is 0.0452. The zero-order valence-corrected chi connectivity index (χ0v) is 13.2. The van der Waals surface area contributed by atoms with Gasteiger partial charge < -0.3 is 10.4 Å². The molecule has 0 radical (unpaired) electrons. The molecule has 1 aliphatic rings. The van der Waals surface area contributed by atoms with Gasteiger partial charge in [0.1, 0.15) is 0 Å². The van der Waals surface area contributed by atoms with Crippen molar-refractivity contribution < 1.29 is 5.11 Å². The molecule has 2 rings (SSSR count). The summed E-state index contributed by atoms with van der Waals surface area (Å²) in [6, 6.07) is 8.96. The van der Waals surface area contributed by atoms with E-state index in [1.807, 2.05) is 0 Å². The van der Waals surface area contributed by atoms with Crippen molar-refractivity contribution >= 4 is 0 Å². The molecule has 1 aliphatic carbocycles. The highest BCUT2D eigenvalue weighted by Gasteiger charge is 2.18. The van der Waals surface area contributed by atoms with E-state index in [0.717, 1.165) is 44.7 Å². The summed E-state index contributed by atoms with van der Waals surface area (Å²) >= 11 is 0. The number of aliphatic hydroxyl groups is 1. The standard InChI is InChI=1S/C18H29NO/c1-18(2,3)16-8-4-14(5-9-16)12-19-13-15-6-10-17(20)11-7-15/h4-5,8-9,15,17,19-20H,6-7,10-13H2,1-3H3. The van der Waals surface area contributed by atoms with Crippen molar-refractivity contribution in [2.75, 3.05) is 6.54 Å². The summed E-state index contributed by atoms with van der Waals surface area (Å²) in [6.07, 6.45) is 4.24. The number of hydrogen-bond acceptors (Lipinski definition) is 2. The summed E-state index contributed by atoms with van der Waals surface area (Å²) in [5, 5.41) is 13.1. The molecule has 1 saturated carbocycles. The van der Waals surface area contributed by atoms with Gasteiger partial charge in [0.2, 0.25) is 0 Å². The average molecular weight is 275 g/mol. The van der Waals surface area contributed by atoms with Crippen LogP contribution < -0.4 is 5.32 Å². The lowest BCUT2D eigenvalue weighted by Crippen LogP contribution is -2.27. The Balaban J connectivity index is 1.74. The maximum Gasteiger partial charge on any atom is 0.0540 e. The molecule has 1 aromatic rings. The lowest BCUT2D eigenvalue weighted by atomic mass is 9.86. The van der Waals surface area contributed by atoms with E-state index in [-0.39, 0.29) is 11.5 Å². The lowest BCUT2D eigenvalue weighted by molar-refractivity contribution is 0.108. The smallest absolute Gasteiger partial charge is 0.0540 e. The third-order valence-electron chi connectivity index (χ3n) is 4.40. The summed E-state index contributed by atoms with van der Waals surface area (Å²) in [4.78, 5) is 0. The van der Waals surface area contributed by atoms with Crippen molar-refractivity contribution in [3.05, 3.63) is 35.4 Å². The number of hydrogen-bond donors (Lipinski definition) is 2. The quantitative estimate of drug-likeness (QED) is 0.879. The maximum atomic E-state index is 9.50. The molecule has 1 aromatic carbocycles. The third kappa shape index (κ3) is 4.60. The van der Waals surface area contributed by atoms with Crippen LogP contribution in [0.2, 0.25) is 0 Å². The Bertz CT molecular complexity index is 396. The van der Waals surface area contributed by atoms with Gasteiger partial charge in [-0.3, -0.25) is 0 Å². The molecular formula is C18H29NO. The first-order valence-corrected chi connectivity index (χ1v) is 7.93. The highest BCUT2D eigenvalue weighted by Crippen LogP contribution is 2.24. The van der Waals surface area contributed by atoms with Crippen molar-refractivity contribution in [2.45, 2.75) is 64.5 Å². The van der Waals surface area contributed by atoms with E-state index >= 15 is 0 Å². The number of nitrogens with one attached hydrogen (secondary N) is 1. The van der Waals surface area contributed by atoms with Crippen molar-refractivity contribution in [3.63, 3.8) is 0 Å². The topological polar surface area (TPSA) is 32.3 Å². The van der Waals surface area contributed by atoms with Crippen LogP contribution in [0.1, 0.15) is 57.6 Å². The number of benzene rings is 1. The van der Waals surface area contributed by atoms with E-state index in [2.05, 4.69) is 50.4 Å². The largest absolute Gasteiger partial charge is 0.393 e. The van der Waals surface area contributed by atoms with Gasteiger partial charge in [0, 0.05) is 6.54 Å². The molecule has 1 fully saturated rings. The molecule has 112 valence electrons. The minimum Gasteiger partial charge on any atom is -0.393 e. The predicted octanol–water partition coefficient (Wildman–Crippen LogP) is 3.62. The van der Waals surface area contributed by atoms with E-state index < -0.39 is 0 Å².